The van der Waals surface area contributed by atoms with Crippen LogP contribution in [0.1, 0.15) is 18.5 Å². The number of amides is 3. The summed E-state index contributed by atoms with van der Waals surface area (Å²) in [4.78, 5) is 29.9. The maximum Gasteiger partial charge on any atom is 0.415 e. The zero-order valence-electron chi connectivity index (χ0n) is 16.1. The van der Waals surface area contributed by atoms with Gasteiger partial charge in [0.25, 0.3) is 0 Å². The van der Waals surface area contributed by atoms with E-state index in [2.05, 4.69) is 27.2 Å². The summed E-state index contributed by atoms with van der Waals surface area (Å²) in [5.41, 5.74) is 3.87. The molecule has 0 saturated carbocycles. The Kier molecular flexibility index (Phi) is 4.01. The molecule has 1 spiro atoms. The van der Waals surface area contributed by atoms with Crippen molar-refractivity contribution in [2.45, 2.75) is 24.8 Å². The second kappa shape index (κ2) is 6.58. The maximum atomic E-state index is 12.3. The van der Waals surface area contributed by atoms with Gasteiger partial charge in [-0.1, -0.05) is 18.2 Å². The van der Waals surface area contributed by atoms with Gasteiger partial charge >= 0.3 is 12.1 Å². The van der Waals surface area contributed by atoms with Gasteiger partial charge in [-0.15, -0.1) is 0 Å². The number of nitrogens with zero attached hydrogens (tertiary/aromatic N) is 4. The molecule has 4 heterocycles. The number of ether oxygens (including phenoxy) is 1. The molecule has 1 aromatic carbocycles. The fourth-order valence-electron chi connectivity index (χ4n) is 4.49. The van der Waals surface area contributed by atoms with Gasteiger partial charge in [-0.25, -0.2) is 14.9 Å². The van der Waals surface area contributed by atoms with Crippen molar-refractivity contribution in [2.75, 3.05) is 20.2 Å². The summed E-state index contributed by atoms with van der Waals surface area (Å²) in [7, 11) is 1.24. The molecule has 0 aliphatic carbocycles. The summed E-state index contributed by atoms with van der Waals surface area (Å²) in [5, 5.41) is 8.13. The minimum absolute atomic E-state index is 0.122. The Morgan fingerprint density at radius 3 is 2.86 bits per heavy atom. The molecule has 2 aliphatic heterocycles. The van der Waals surface area contributed by atoms with Gasteiger partial charge in [0.2, 0.25) is 0 Å². The number of carbonyl (C=O) groups excluding carboxylic acids is 2. The number of para-hydroxylation sites is 1. The van der Waals surface area contributed by atoms with E-state index in [1.165, 1.54) is 7.11 Å². The van der Waals surface area contributed by atoms with Gasteiger partial charge in [-0.05, 0) is 31.0 Å². The number of benzene rings is 1. The molecule has 0 radical (unpaired) electrons. The number of aryl methyl sites for hydroxylation is 1. The van der Waals surface area contributed by atoms with Crippen LogP contribution >= 0.6 is 0 Å². The van der Waals surface area contributed by atoms with Gasteiger partial charge < -0.3 is 9.64 Å². The molecule has 29 heavy (non-hydrogen) atoms. The van der Waals surface area contributed by atoms with Gasteiger partial charge in [-0.2, -0.15) is 5.10 Å². The van der Waals surface area contributed by atoms with E-state index < -0.39 is 12.1 Å². The van der Waals surface area contributed by atoms with Crippen LogP contribution in [0.15, 0.2) is 42.6 Å². The number of urea groups is 1. The molecule has 1 saturated heterocycles. The molecule has 1 fully saturated rings. The molecule has 1 N–H and O–H groups in total. The molecular formula is C21H21N5O3. The summed E-state index contributed by atoms with van der Waals surface area (Å²) in [6.07, 6.45) is 2.91. The van der Waals surface area contributed by atoms with Crippen LogP contribution in [-0.2, 0) is 16.7 Å². The molecule has 1 atom stereocenters. The Hall–Kier alpha value is -3.42. The molecule has 0 unspecified atom stereocenters. The summed E-state index contributed by atoms with van der Waals surface area (Å²) in [6, 6.07) is 11.8. The lowest BCUT2D eigenvalue weighted by atomic mass is 9.82. The summed E-state index contributed by atoms with van der Waals surface area (Å²) in [5.74, 6) is 0. The standard InChI is InChI=1S/C21H21N5O3/c1-29-20(28)23-19(27)25-8-6-21(13-25)7-9-26-18(21)11-17(24-26)15-10-14-4-2-3-5-16(14)22-12-15/h2-5,10-12H,6-9,13H2,1H3,(H,23,27,28)/t21-/m0/s1. The third kappa shape index (κ3) is 2.91. The highest BCUT2D eigenvalue weighted by molar-refractivity contribution is 5.90. The predicted molar refractivity (Wildman–Crippen MR) is 106 cm³/mol. The normalized spacial score (nSPS) is 20.2. The summed E-state index contributed by atoms with van der Waals surface area (Å²) >= 11 is 0. The van der Waals surface area contributed by atoms with Crippen molar-refractivity contribution in [3.8, 4) is 11.3 Å². The van der Waals surface area contributed by atoms with Crippen LogP contribution < -0.4 is 5.32 Å². The van der Waals surface area contributed by atoms with Crippen LogP contribution in [0.3, 0.4) is 0 Å². The van der Waals surface area contributed by atoms with E-state index in [1.54, 1.807) is 4.90 Å². The lowest BCUT2D eigenvalue weighted by Gasteiger charge is -2.23. The van der Waals surface area contributed by atoms with E-state index >= 15 is 0 Å². The van der Waals surface area contributed by atoms with E-state index in [0.717, 1.165) is 47.2 Å². The number of nitrogens with one attached hydrogen (secondary N) is 1. The second-order valence-electron chi connectivity index (χ2n) is 7.68. The van der Waals surface area contributed by atoms with Crippen molar-refractivity contribution in [3.05, 3.63) is 48.3 Å². The Balaban J connectivity index is 1.41. The molecule has 5 rings (SSSR count). The van der Waals surface area contributed by atoms with Gasteiger partial charge in [0.1, 0.15) is 0 Å². The molecule has 148 valence electrons. The molecule has 2 aromatic heterocycles. The zero-order valence-corrected chi connectivity index (χ0v) is 16.1. The number of hydrogen-bond acceptors (Lipinski definition) is 5. The van der Waals surface area contributed by atoms with Crippen molar-refractivity contribution in [2.24, 2.45) is 0 Å². The maximum absolute atomic E-state index is 12.3. The largest absolute Gasteiger partial charge is 0.453 e. The Labute approximate surface area is 167 Å². The van der Waals surface area contributed by atoms with Crippen LogP contribution in [0.5, 0.6) is 0 Å². The third-order valence-corrected chi connectivity index (χ3v) is 6.05. The first kappa shape index (κ1) is 17.7. The highest BCUT2D eigenvalue weighted by Gasteiger charge is 2.47. The summed E-state index contributed by atoms with van der Waals surface area (Å²) in [6.45, 7) is 1.99. The quantitative estimate of drug-likeness (QED) is 0.689. The van der Waals surface area contributed by atoms with Crippen LogP contribution in [0, 0.1) is 0 Å². The highest BCUT2D eigenvalue weighted by Crippen LogP contribution is 2.43. The van der Waals surface area contributed by atoms with Gasteiger partial charge in [0.05, 0.1) is 18.3 Å². The number of pyridine rings is 1. The SMILES string of the molecule is COC(=O)NC(=O)N1CC[C@]2(CCn3nc(-c4cnc5ccccc5c4)cc32)C1. The number of fused-ring (bicyclic) bond motifs is 3. The number of alkyl carbamates (subject to hydrolysis) is 1. The summed E-state index contributed by atoms with van der Waals surface area (Å²) < 4.78 is 6.57. The Bertz CT molecular complexity index is 1120. The van der Waals surface area contributed by atoms with Gasteiger partial charge in [0.15, 0.2) is 0 Å². The zero-order chi connectivity index (χ0) is 20.0. The van der Waals surface area contributed by atoms with E-state index in [4.69, 9.17) is 5.10 Å². The lowest BCUT2D eigenvalue weighted by molar-refractivity contribution is 0.163. The molecule has 3 amide bonds. The van der Waals surface area contributed by atoms with Crippen LogP contribution in [0.2, 0.25) is 0 Å². The topological polar surface area (TPSA) is 89.4 Å². The van der Waals surface area contributed by atoms with Crippen LogP contribution in [-0.4, -0.2) is 52.0 Å². The molecule has 8 nitrogen and oxygen atoms in total. The number of carbonyl (C=O) groups is 2. The van der Waals surface area contributed by atoms with Gasteiger partial charge in [-0.3, -0.25) is 9.67 Å². The van der Waals surface area contributed by atoms with Crippen molar-refractivity contribution in [1.82, 2.24) is 25.0 Å². The van der Waals surface area contributed by atoms with E-state index in [1.807, 2.05) is 35.1 Å². The average molecular weight is 391 g/mol. The number of likely N-dealkylation sites (tertiary alicyclic amines) is 1. The molecule has 0 bridgehead atoms. The van der Waals surface area contributed by atoms with E-state index in [-0.39, 0.29) is 5.41 Å². The number of hydrogen-bond donors (Lipinski definition) is 1. The third-order valence-electron chi connectivity index (χ3n) is 6.05. The Morgan fingerprint density at radius 2 is 2.00 bits per heavy atom. The fourth-order valence-corrected chi connectivity index (χ4v) is 4.49. The highest BCUT2D eigenvalue weighted by atomic mass is 16.5. The first-order chi connectivity index (χ1) is 14.1. The van der Waals surface area contributed by atoms with E-state index in [0.29, 0.717) is 13.1 Å². The van der Waals surface area contributed by atoms with Crippen LogP contribution in [0.25, 0.3) is 22.2 Å². The molecule has 3 aromatic rings. The number of imide groups is 1. The molecule has 2 aliphatic rings. The Morgan fingerprint density at radius 1 is 1.17 bits per heavy atom. The predicted octanol–water partition coefficient (Wildman–Crippen LogP) is 2.92. The second-order valence-corrected chi connectivity index (χ2v) is 7.68. The lowest BCUT2D eigenvalue weighted by Crippen LogP contribution is -2.43. The van der Waals surface area contributed by atoms with Crippen molar-refractivity contribution in [3.63, 3.8) is 0 Å². The van der Waals surface area contributed by atoms with Crippen molar-refractivity contribution in [1.29, 1.82) is 0 Å². The van der Waals surface area contributed by atoms with Gasteiger partial charge in [0, 0.05) is 47.9 Å². The first-order valence-electron chi connectivity index (χ1n) is 9.65. The first-order valence-corrected chi connectivity index (χ1v) is 9.65. The number of aromatic nitrogens is 3. The van der Waals surface area contributed by atoms with Crippen molar-refractivity contribution < 1.29 is 14.3 Å². The average Bonchev–Trinajstić information content (AvgIpc) is 3.44. The monoisotopic (exact) mass is 391 g/mol. The minimum atomic E-state index is -0.737. The number of rotatable bonds is 1. The minimum Gasteiger partial charge on any atom is -0.453 e. The van der Waals surface area contributed by atoms with Crippen molar-refractivity contribution >= 4 is 23.0 Å². The molecular weight excluding hydrogens is 370 g/mol. The fraction of sp³-hybridized carbons (Fsp3) is 0.333. The van der Waals surface area contributed by atoms with Crippen LogP contribution in [0.4, 0.5) is 9.59 Å². The smallest absolute Gasteiger partial charge is 0.415 e. The molecule has 8 heteroatoms. The number of methoxy groups -OCH3 is 1. The van der Waals surface area contributed by atoms with E-state index in [9.17, 15) is 9.59 Å².